The molecule has 4 nitrogen and oxygen atoms in total. The van der Waals surface area contributed by atoms with Crippen molar-refractivity contribution in [3.05, 3.63) is 30.1 Å². The van der Waals surface area contributed by atoms with Crippen LogP contribution in [0.4, 0.5) is 0 Å². The summed E-state index contributed by atoms with van der Waals surface area (Å²) in [4.78, 5) is 4.70. The Labute approximate surface area is 120 Å². The van der Waals surface area contributed by atoms with Crippen LogP contribution in [0.15, 0.2) is 24.3 Å². The Morgan fingerprint density at radius 3 is 2.65 bits per heavy atom. The summed E-state index contributed by atoms with van der Waals surface area (Å²) in [5, 5.41) is 0. The molecule has 2 rings (SSSR count). The summed E-state index contributed by atoms with van der Waals surface area (Å²) in [5.74, 6) is 1.04. The number of imidazole rings is 1. The second-order valence-corrected chi connectivity index (χ2v) is 6.15. The van der Waals surface area contributed by atoms with Crippen molar-refractivity contribution in [3.8, 4) is 0 Å². The van der Waals surface area contributed by atoms with E-state index in [0.29, 0.717) is 6.61 Å². The van der Waals surface area contributed by atoms with Crippen LogP contribution in [0.1, 0.15) is 33.5 Å². The monoisotopic (exact) mass is 275 g/mol. The fourth-order valence-electron chi connectivity index (χ4n) is 2.28. The van der Waals surface area contributed by atoms with Gasteiger partial charge in [-0.3, -0.25) is 0 Å². The van der Waals surface area contributed by atoms with E-state index in [1.54, 1.807) is 0 Å². The van der Waals surface area contributed by atoms with Crippen molar-refractivity contribution in [1.29, 1.82) is 0 Å². The molecule has 0 saturated heterocycles. The summed E-state index contributed by atoms with van der Waals surface area (Å²) in [6.07, 6.45) is 0.735. The van der Waals surface area contributed by atoms with Crippen molar-refractivity contribution in [2.75, 3.05) is 6.61 Å². The molecule has 0 aliphatic heterocycles. The second kappa shape index (κ2) is 5.94. The summed E-state index contributed by atoms with van der Waals surface area (Å²) in [6, 6.07) is 8.18. The van der Waals surface area contributed by atoms with Gasteiger partial charge in [-0.1, -0.05) is 12.1 Å². The van der Waals surface area contributed by atoms with Crippen molar-refractivity contribution in [3.63, 3.8) is 0 Å². The lowest BCUT2D eigenvalue weighted by Crippen LogP contribution is -2.34. The maximum atomic E-state index is 6.18. The fraction of sp³-hybridized carbons (Fsp3) is 0.562. The predicted octanol–water partition coefficient (Wildman–Crippen LogP) is 2.74. The SMILES string of the molecule is CCn1c(CC(N)COC(C)(C)C)nc2ccccc21. The predicted molar refractivity (Wildman–Crippen MR) is 82.8 cm³/mol. The lowest BCUT2D eigenvalue weighted by atomic mass is 10.1. The van der Waals surface area contributed by atoms with Gasteiger partial charge in [-0.05, 0) is 39.8 Å². The Bertz CT molecular complexity index is 569. The summed E-state index contributed by atoms with van der Waals surface area (Å²) in [7, 11) is 0. The van der Waals surface area contributed by atoms with Crippen LogP contribution in [-0.4, -0.2) is 27.8 Å². The normalized spacial score (nSPS) is 13.8. The molecule has 0 radical (unpaired) electrons. The molecule has 1 unspecified atom stereocenters. The van der Waals surface area contributed by atoms with Crippen molar-refractivity contribution >= 4 is 11.0 Å². The topological polar surface area (TPSA) is 53.1 Å². The lowest BCUT2D eigenvalue weighted by molar-refractivity contribution is -0.0101. The molecule has 0 bridgehead atoms. The van der Waals surface area contributed by atoms with Crippen molar-refractivity contribution in [2.24, 2.45) is 5.73 Å². The smallest absolute Gasteiger partial charge is 0.111 e. The molecule has 0 fully saturated rings. The van der Waals surface area contributed by atoms with Crippen LogP contribution in [-0.2, 0) is 17.7 Å². The van der Waals surface area contributed by atoms with Crippen LogP contribution < -0.4 is 5.73 Å². The maximum Gasteiger partial charge on any atom is 0.111 e. The number of aromatic nitrogens is 2. The first-order chi connectivity index (χ1) is 9.40. The van der Waals surface area contributed by atoms with Gasteiger partial charge in [-0.2, -0.15) is 0 Å². The molecule has 1 atom stereocenters. The fourth-order valence-corrected chi connectivity index (χ4v) is 2.28. The highest BCUT2D eigenvalue weighted by atomic mass is 16.5. The maximum absolute atomic E-state index is 6.18. The van der Waals surface area contributed by atoms with Crippen molar-refractivity contribution < 1.29 is 4.74 Å². The zero-order valence-corrected chi connectivity index (χ0v) is 12.9. The third-order valence-corrected chi connectivity index (χ3v) is 3.23. The number of fused-ring (bicyclic) bond motifs is 1. The second-order valence-electron chi connectivity index (χ2n) is 6.15. The number of rotatable bonds is 5. The van der Waals surface area contributed by atoms with Gasteiger partial charge in [0.25, 0.3) is 0 Å². The van der Waals surface area contributed by atoms with Crippen LogP contribution >= 0.6 is 0 Å². The van der Waals surface area contributed by atoms with E-state index < -0.39 is 0 Å². The number of hydrogen-bond donors (Lipinski definition) is 1. The highest BCUT2D eigenvalue weighted by Crippen LogP contribution is 2.17. The highest BCUT2D eigenvalue weighted by molar-refractivity contribution is 5.75. The van der Waals surface area contributed by atoms with E-state index in [1.165, 1.54) is 5.52 Å². The molecule has 110 valence electrons. The van der Waals surface area contributed by atoms with Gasteiger partial charge >= 0.3 is 0 Å². The number of para-hydroxylation sites is 2. The number of benzene rings is 1. The van der Waals surface area contributed by atoms with E-state index >= 15 is 0 Å². The molecule has 4 heteroatoms. The average Bonchev–Trinajstić information content (AvgIpc) is 2.72. The average molecular weight is 275 g/mol. The molecule has 2 N–H and O–H groups in total. The van der Waals surface area contributed by atoms with E-state index in [4.69, 9.17) is 15.5 Å². The molecule has 0 saturated carbocycles. The van der Waals surface area contributed by atoms with Crippen LogP contribution in [0.25, 0.3) is 11.0 Å². The summed E-state index contributed by atoms with van der Waals surface area (Å²) < 4.78 is 7.98. The van der Waals surface area contributed by atoms with E-state index in [1.807, 2.05) is 39.0 Å². The molecule has 20 heavy (non-hydrogen) atoms. The first-order valence-electron chi connectivity index (χ1n) is 7.24. The van der Waals surface area contributed by atoms with Crippen LogP contribution in [0.3, 0.4) is 0 Å². The quantitative estimate of drug-likeness (QED) is 0.913. The van der Waals surface area contributed by atoms with Gasteiger partial charge in [0, 0.05) is 19.0 Å². The van der Waals surface area contributed by atoms with E-state index in [2.05, 4.69) is 17.6 Å². The van der Waals surface area contributed by atoms with Gasteiger partial charge in [-0.25, -0.2) is 4.98 Å². The standard InChI is InChI=1S/C16H25N3O/c1-5-19-14-9-7-6-8-13(14)18-15(19)10-12(17)11-20-16(2,3)4/h6-9,12H,5,10-11,17H2,1-4H3. The molecule has 0 amide bonds. The summed E-state index contributed by atoms with van der Waals surface area (Å²) in [5.41, 5.74) is 8.24. The van der Waals surface area contributed by atoms with E-state index in [-0.39, 0.29) is 11.6 Å². The zero-order chi connectivity index (χ0) is 14.8. The molecule has 2 aromatic rings. The van der Waals surface area contributed by atoms with Gasteiger partial charge in [0.05, 0.1) is 23.2 Å². The first kappa shape index (κ1) is 15.0. The van der Waals surface area contributed by atoms with Gasteiger partial charge in [-0.15, -0.1) is 0 Å². The number of hydrogen-bond acceptors (Lipinski definition) is 3. The van der Waals surface area contributed by atoms with Crippen LogP contribution in [0.5, 0.6) is 0 Å². The molecule has 0 spiro atoms. The Morgan fingerprint density at radius 1 is 1.30 bits per heavy atom. The molecule has 1 aromatic carbocycles. The van der Waals surface area contributed by atoms with E-state index in [0.717, 1.165) is 24.3 Å². The molecule has 0 aliphatic carbocycles. The molecule has 0 aliphatic rings. The highest BCUT2D eigenvalue weighted by Gasteiger charge is 2.16. The Kier molecular flexibility index (Phi) is 4.45. The number of ether oxygens (including phenoxy) is 1. The Balaban J connectivity index is 2.13. The van der Waals surface area contributed by atoms with E-state index in [9.17, 15) is 0 Å². The number of aryl methyl sites for hydroxylation is 1. The molecule has 1 aromatic heterocycles. The van der Waals surface area contributed by atoms with Crippen LogP contribution in [0.2, 0.25) is 0 Å². The number of nitrogens with two attached hydrogens (primary N) is 1. The lowest BCUT2D eigenvalue weighted by Gasteiger charge is -2.22. The molecular formula is C16H25N3O. The minimum absolute atomic E-state index is 0.0312. The summed E-state index contributed by atoms with van der Waals surface area (Å²) >= 11 is 0. The molecule has 1 heterocycles. The Morgan fingerprint density at radius 2 is 2.00 bits per heavy atom. The minimum atomic E-state index is -0.150. The third-order valence-electron chi connectivity index (χ3n) is 3.23. The zero-order valence-electron chi connectivity index (χ0n) is 12.9. The van der Waals surface area contributed by atoms with Gasteiger partial charge in [0.15, 0.2) is 0 Å². The van der Waals surface area contributed by atoms with Crippen molar-refractivity contribution in [1.82, 2.24) is 9.55 Å². The number of nitrogens with zero attached hydrogens (tertiary/aromatic N) is 2. The van der Waals surface area contributed by atoms with Crippen molar-refractivity contribution in [2.45, 2.75) is 52.3 Å². The largest absolute Gasteiger partial charge is 0.374 e. The summed E-state index contributed by atoms with van der Waals surface area (Å²) in [6.45, 7) is 9.72. The first-order valence-corrected chi connectivity index (χ1v) is 7.24. The van der Waals surface area contributed by atoms with Crippen LogP contribution in [0, 0.1) is 0 Å². The third kappa shape index (κ3) is 3.58. The Hall–Kier alpha value is -1.39. The molecular weight excluding hydrogens is 250 g/mol. The van der Waals surface area contributed by atoms with Gasteiger partial charge in [0.1, 0.15) is 5.82 Å². The minimum Gasteiger partial charge on any atom is -0.374 e. The van der Waals surface area contributed by atoms with Gasteiger partial charge < -0.3 is 15.0 Å². The van der Waals surface area contributed by atoms with Gasteiger partial charge in [0.2, 0.25) is 0 Å².